The molecule has 0 bridgehead atoms. The first-order valence-corrected chi connectivity index (χ1v) is 7.75. The lowest BCUT2D eigenvalue weighted by Gasteiger charge is -2.11. The van der Waals surface area contributed by atoms with Crippen LogP contribution in [-0.4, -0.2) is 42.1 Å². The van der Waals surface area contributed by atoms with Crippen molar-refractivity contribution in [3.05, 3.63) is 28.4 Å². The van der Waals surface area contributed by atoms with Crippen LogP contribution in [0.15, 0.2) is 17.2 Å². The second-order valence-corrected chi connectivity index (χ2v) is 6.84. The summed E-state index contributed by atoms with van der Waals surface area (Å²) in [6.45, 7) is 2.85. The molecule has 1 aliphatic heterocycles. The lowest BCUT2D eigenvalue weighted by atomic mass is 10.2. The summed E-state index contributed by atoms with van der Waals surface area (Å²) in [4.78, 5) is 15.6. The molecule has 0 spiro atoms. The Morgan fingerprint density at radius 3 is 2.94 bits per heavy atom. The molecule has 1 N–H and O–H groups in total. The maximum atomic E-state index is 11.6. The predicted octanol–water partition coefficient (Wildman–Crippen LogP) is -0.672. The highest BCUT2D eigenvalue weighted by Crippen LogP contribution is 2.10. The second-order valence-electron chi connectivity index (χ2n) is 4.62. The van der Waals surface area contributed by atoms with Gasteiger partial charge in [-0.05, 0) is 13.3 Å². The van der Waals surface area contributed by atoms with E-state index in [9.17, 15) is 13.2 Å². The van der Waals surface area contributed by atoms with E-state index in [1.54, 1.807) is 6.92 Å². The molecule has 1 atom stereocenters. The summed E-state index contributed by atoms with van der Waals surface area (Å²) >= 11 is 0. The standard InChI is InChI=1S/C11H17N3O3S/c1-9-6-11(15)14(8-13-9)4-3-12-10-2-5-18(16,17)7-10/h6,8,10,12H,2-5,7H2,1H3. The lowest BCUT2D eigenvalue weighted by Crippen LogP contribution is -2.34. The average Bonchev–Trinajstić information content (AvgIpc) is 2.61. The van der Waals surface area contributed by atoms with Gasteiger partial charge in [-0.15, -0.1) is 0 Å². The van der Waals surface area contributed by atoms with E-state index in [0.717, 1.165) is 0 Å². The fourth-order valence-corrected chi connectivity index (χ4v) is 3.74. The van der Waals surface area contributed by atoms with Crippen LogP contribution in [0.1, 0.15) is 12.1 Å². The minimum atomic E-state index is -2.85. The van der Waals surface area contributed by atoms with Gasteiger partial charge in [0.2, 0.25) is 0 Å². The summed E-state index contributed by atoms with van der Waals surface area (Å²) in [7, 11) is -2.85. The quantitative estimate of drug-likeness (QED) is 0.785. The summed E-state index contributed by atoms with van der Waals surface area (Å²) in [5.74, 6) is 0.463. The van der Waals surface area contributed by atoms with Gasteiger partial charge in [0.25, 0.3) is 5.56 Å². The van der Waals surface area contributed by atoms with Gasteiger partial charge in [-0.25, -0.2) is 13.4 Å². The Morgan fingerprint density at radius 2 is 2.33 bits per heavy atom. The highest BCUT2D eigenvalue weighted by molar-refractivity contribution is 7.91. The van der Waals surface area contributed by atoms with E-state index < -0.39 is 9.84 Å². The molecular formula is C11H17N3O3S. The number of aryl methyl sites for hydroxylation is 1. The average molecular weight is 271 g/mol. The van der Waals surface area contributed by atoms with E-state index in [2.05, 4.69) is 10.3 Å². The summed E-state index contributed by atoms with van der Waals surface area (Å²) in [6.07, 6.45) is 2.17. The molecule has 6 nitrogen and oxygen atoms in total. The molecule has 1 aromatic rings. The highest BCUT2D eigenvalue weighted by atomic mass is 32.2. The van der Waals surface area contributed by atoms with Crippen LogP contribution in [0.5, 0.6) is 0 Å². The van der Waals surface area contributed by atoms with Gasteiger partial charge in [0.1, 0.15) is 0 Å². The maximum absolute atomic E-state index is 11.6. The molecule has 1 aliphatic rings. The SMILES string of the molecule is Cc1cc(=O)n(CCNC2CCS(=O)(=O)C2)cn1. The number of sulfone groups is 1. The van der Waals surface area contributed by atoms with Crippen molar-refractivity contribution in [3.8, 4) is 0 Å². The molecule has 2 heterocycles. The number of rotatable bonds is 4. The van der Waals surface area contributed by atoms with Gasteiger partial charge in [0, 0.05) is 30.9 Å². The predicted molar refractivity (Wildman–Crippen MR) is 68.3 cm³/mol. The molecule has 100 valence electrons. The monoisotopic (exact) mass is 271 g/mol. The number of aromatic nitrogens is 2. The third-order valence-electron chi connectivity index (χ3n) is 3.03. The minimum Gasteiger partial charge on any atom is -0.311 e. The molecule has 0 amide bonds. The van der Waals surface area contributed by atoms with Crippen molar-refractivity contribution < 1.29 is 8.42 Å². The zero-order valence-electron chi connectivity index (χ0n) is 10.3. The Bertz CT molecular complexity index is 579. The van der Waals surface area contributed by atoms with E-state index in [4.69, 9.17) is 0 Å². The smallest absolute Gasteiger partial charge is 0.253 e. The normalized spacial score (nSPS) is 22.2. The van der Waals surface area contributed by atoms with Crippen molar-refractivity contribution in [1.29, 1.82) is 0 Å². The number of nitrogens with zero attached hydrogens (tertiary/aromatic N) is 2. The maximum Gasteiger partial charge on any atom is 0.253 e. The molecule has 0 saturated carbocycles. The first-order valence-electron chi connectivity index (χ1n) is 5.93. The summed E-state index contributed by atoms with van der Waals surface area (Å²) in [5.41, 5.74) is 0.620. The van der Waals surface area contributed by atoms with Crippen LogP contribution in [0.2, 0.25) is 0 Å². The van der Waals surface area contributed by atoms with Crippen LogP contribution in [-0.2, 0) is 16.4 Å². The van der Waals surface area contributed by atoms with Gasteiger partial charge in [-0.2, -0.15) is 0 Å². The summed E-state index contributed by atoms with van der Waals surface area (Å²) in [6, 6.07) is 1.50. The molecule has 1 fully saturated rings. The van der Waals surface area contributed by atoms with Crippen LogP contribution in [0.25, 0.3) is 0 Å². The van der Waals surface area contributed by atoms with Crippen LogP contribution in [0, 0.1) is 6.92 Å². The fourth-order valence-electron chi connectivity index (χ4n) is 2.03. The number of hydrogen-bond acceptors (Lipinski definition) is 5. The van der Waals surface area contributed by atoms with Gasteiger partial charge >= 0.3 is 0 Å². The molecular weight excluding hydrogens is 254 g/mol. The third-order valence-corrected chi connectivity index (χ3v) is 4.80. The zero-order chi connectivity index (χ0) is 13.2. The van der Waals surface area contributed by atoms with Crippen LogP contribution in [0.3, 0.4) is 0 Å². The molecule has 2 rings (SSSR count). The van der Waals surface area contributed by atoms with Crippen molar-refractivity contribution in [1.82, 2.24) is 14.9 Å². The summed E-state index contributed by atoms with van der Waals surface area (Å²) < 4.78 is 24.0. The van der Waals surface area contributed by atoms with E-state index in [1.165, 1.54) is 17.0 Å². The van der Waals surface area contributed by atoms with Crippen LogP contribution in [0.4, 0.5) is 0 Å². The Hall–Kier alpha value is -1.21. The van der Waals surface area contributed by atoms with Gasteiger partial charge in [-0.1, -0.05) is 0 Å². The largest absolute Gasteiger partial charge is 0.311 e. The first-order chi connectivity index (χ1) is 8.46. The number of hydrogen-bond donors (Lipinski definition) is 1. The molecule has 0 radical (unpaired) electrons. The first kappa shape index (κ1) is 13.2. The molecule has 18 heavy (non-hydrogen) atoms. The van der Waals surface area contributed by atoms with Gasteiger partial charge < -0.3 is 5.32 Å². The molecule has 7 heteroatoms. The Kier molecular flexibility index (Phi) is 3.82. The van der Waals surface area contributed by atoms with Gasteiger partial charge in [-0.3, -0.25) is 9.36 Å². The Balaban J connectivity index is 1.84. The van der Waals surface area contributed by atoms with E-state index in [1.807, 2.05) is 0 Å². The van der Waals surface area contributed by atoms with Crippen molar-refractivity contribution >= 4 is 9.84 Å². The molecule has 0 aromatic carbocycles. The van der Waals surface area contributed by atoms with Gasteiger partial charge in [0.05, 0.1) is 17.8 Å². The zero-order valence-corrected chi connectivity index (χ0v) is 11.1. The van der Waals surface area contributed by atoms with E-state index in [-0.39, 0.29) is 23.1 Å². The van der Waals surface area contributed by atoms with Crippen LogP contribution >= 0.6 is 0 Å². The highest BCUT2D eigenvalue weighted by Gasteiger charge is 2.26. The molecule has 1 aromatic heterocycles. The second kappa shape index (κ2) is 5.19. The Morgan fingerprint density at radius 1 is 1.56 bits per heavy atom. The molecule has 1 unspecified atom stereocenters. The van der Waals surface area contributed by atoms with Crippen molar-refractivity contribution in [2.75, 3.05) is 18.1 Å². The topological polar surface area (TPSA) is 81.1 Å². The van der Waals surface area contributed by atoms with Crippen molar-refractivity contribution in [2.24, 2.45) is 0 Å². The van der Waals surface area contributed by atoms with E-state index >= 15 is 0 Å². The molecule has 0 aliphatic carbocycles. The lowest BCUT2D eigenvalue weighted by molar-refractivity contribution is 0.511. The van der Waals surface area contributed by atoms with Gasteiger partial charge in [0.15, 0.2) is 9.84 Å². The summed E-state index contributed by atoms with van der Waals surface area (Å²) in [5, 5.41) is 3.16. The minimum absolute atomic E-state index is 0.0177. The third kappa shape index (κ3) is 3.39. The van der Waals surface area contributed by atoms with Crippen molar-refractivity contribution in [3.63, 3.8) is 0 Å². The molecule has 1 saturated heterocycles. The van der Waals surface area contributed by atoms with Crippen LogP contribution < -0.4 is 10.9 Å². The van der Waals surface area contributed by atoms with E-state index in [0.29, 0.717) is 25.2 Å². The fraction of sp³-hybridized carbons (Fsp3) is 0.636. The number of nitrogens with one attached hydrogen (secondary N) is 1. The Labute approximate surface area is 106 Å². The van der Waals surface area contributed by atoms with Crippen molar-refractivity contribution in [2.45, 2.75) is 25.9 Å².